The molecular weight excluding hydrogens is 396 g/mol. The van der Waals surface area contributed by atoms with E-state index in [2.05, 4.69) is 41.5 Å². The molecule has 186 valence electrons. The predicted octanol–water partition coefficient (Wildman–Crippen LogP) is 6.19. The van der Waals surface area contributed by atoms with Crippen LogP contribution in [0.2, 0.25) is 0 Å². The van der Waals surface area contributed by atoms with Crippen LogP contribution in [0.4, 0.5) is 0 Å². The van der Waals surface area contributed by atoms with E-state index in [0.29, 0.717) is 47.3 Å². The third-order valence-corrected chi connectivity index (χ3v) is 12.1. The highest BCUT2D eigenvalue weighted by molar-refractivity contribution is 5.14. The zero-order valence-electron chi connectivity index (χ0n) is 21.8. The van der Waals surface area contributed by atoms with Crippen molar-refractivity contribution in [3.63, 3.8) is 0 Å². The number of hydrogen-bond acceptors (Lipinski definition) is 3. The van der Waals surface area contributed by atoms with Crippen LogP contribution in [0.1, 0.15) is 112 Å². The second kappa shape index (κ2) is 8.83. The van der Waals surface area contributed by atoms with Gasteiger partial charge in [-0.25, -0.2) is 0 Å². The van der Waals surface area contributed by atoms with Crippen molar-refractivity contribution >= 4 is 0 Å². The van der Waals surface area contributed by atoms with E-state index in [1.54, 1.807) is 0 Å². The van der Waals surface area contributed by atoms with E-state index in [9.17, 15) is 15.3 Å². The van der Waals surface area contributed by atoms with Crippen molar-refractivity contribution in [2.45, 2.75) is 130 Å². The molecule has 0 aromatic carbocycles. The molecule has 0 saturated heterocycles. The minimum atomic E-state index is -0.674. The Bertz CT molecular complexity index is 663. The van der Waals surface area contributed by atoms with Gasteiger partial charge < -0.3 is 15.3 Å². The summed E-state index contributed by atoms with van der Waals surface area (Å²) < 4.78 is 0. The summed E-state index contributed by atoms with van der Waals surface area (Å²) in [6, 6.07) is 0. The average molecular weight is 449 g/mol. The normalized spacial score (nSPS) is 49.1. The standard InChI is InChI=1S/C29H52O3/c1-7-20(18(2)3)16-26(31)19(4)23-8-9-24-22-11-15-29(32)17-21(30)10-14-28(29,6)25(22)12-13-27(23,24)5/h18-26,30-32H,7-17H2,1-6H3. The zero-order chi connectivity index (χ0) is 23.5. The average Bonchev–Trinajstić information content (AvgIpc) is 3.09. The van der Waals surface area contributed by atoms with Gasteiger partial charge in [-0.1, -0.05) is 48.0 Å². The molecule has 11 unspecified atom stereocenters. The quantitative estimate of drug-likeness (QED) is 0.454. The van der Waals surface area contributed by atoms with Crippen LogP contribution in [0.3, 0.4) is 0 Å². The first-order valence-corrected chi connectivity index (χ1v) is 14.1. The van der Waals surface area contributed by atoms with Gasteiger partial charge in [-0.15, -0.1) is 0 Å². The van der Waals surface area contributed by atoms with Crippen LogP contribution < -0.4 is 0 Å². The van der Waals surface area contributed by atoms with E-state index < -0.39 is 5.60 Å². The van der Waals surface area contributed by atoms with Gasteiger partial charge in [0.25, 0.3) is 0 Å². The van der Waals surface area contributed by atoms with Gasteiger partial charge in [-0.3, -0.25) is 0 Å². The summed E-state index contributed by atoms with van der Waals surface area (Å²) >= 11 is 0. The molecule has 0 amide bonds. The van der Waals surface area contributed by atoms with Crippen molar-refractivity contribution in [2.75, 3.05) is 0 Å². The molecule has 0 radical (unpaired) electrons. The third-order valence-electron chi connectivity index (χ3n) is 12.1. The largest absolute Gasteiger partial charge is 0.393 e. The summed E-state index contributed by atoms with van der Waals surface area (Å²) in [5, 5.41) is 33.2. The zero-order valence-corrected chi connectivity index (χ0v) is 21.8. The van der Waals surface area contributed by atoms with Crippen molar-refractivity contribution in [1.29, 1.82) is 0 Å². The van der Waals surface area contributed by atoms with Gasteiger partial charge in [-0.05, 0) is 110 Å². The first kappa shape index (κ1) is 25.0. The van der Waals surface area contributed by atoms with Crippen LogP contribution >= 0.6 is 0 Å². The van der Waals surface area contributed by atoms with E-state index in [1.165, 1.54) is 25.7 Å². The van der Waals surface area contributed by atoms with Crippen LogP contribution in [-0.4, -0.2) is 33.1 Å². The van der Waals surface area contributed by atoms with Crippen molar-refractivity contribution in [3.8, 4) is 0 Å². The van der Waals surface area contributed by atoms with Crippen molar-refractivity contribution < 1.29 is 15.3 Å². The van der Waals surface area contributed by atoms with Crippen molar-refractivity contribution in [3.05, 3.63) is 0 Å². The lowest BCUT2D eigenvalue weighted by molar-refractivity contribution is -0.220. The summed E-state index contributed by atoms with van der Waals surface area (Å²) in [4.78, 5) is 0. The minimum Gasteiger partial charge on any atom is -0.393 e. The molecule has 3 N–H and O–H groups in total. The molecule has 3 nitrogen and oxygen atoms in total. The van der Waals surface area contributed by atoms with Gasteiger partial charge in [0.2, 0.25) is 0 Å². The maximum atomic E-state index is 11.6. The van der Waals surface area contributed by atoms with Gasteiger partial charge in [-0.2, -0.15) is 0 Å². The summed E-state index contributed by atoms with van der Waals surface area (Å²) in [5.74, 6) is 4.29. The molecule has 4 rings (SSSR count). The maximum Gasteiger partial charge on any atom is 0.0728 e. The SMILES string of the molecule is CCC(CC(O)C(C)C1CCC2C3CCC4(O)CC(O)CCC4(C)C3CCC12C)C(C)C. The van der Waals surface area contributed by atoms with Gasteiger partial charge in [0.05, 0.1) is 17.8 Å². The highest BCUT2D eigenvalue weighted by atomic mass is 16.3. The smallest absolute Gasteiger partial charge is 0.0728 e. The van der Waals surface area contributed by atoms with Crippen molar-refractivity contribution in [1.82, 2.24) is 0 Å². The summed E-state index contributed by atoms with van der Waals surface area (Å²) in [6.45, 7) is 14.1. The molecule has 0 heterocycles. The Kier molecular flexibility index (Phi) is 6.89. The molecule has 4 aliphatic carbocycles. The maximum absolute atomic E-state index is 11.6. The molecule has 0 aromatic rings. The Morgan fingerprint density at radius 2 is 1.62 bits per heavy atom. The van der Waals surface area contributed by atoms with E-state index in [4.69, 9.17) is 0 Å². The number of rotatable bonds is 6. The predicted molar refractivity (Wildman–Crippen MR) is 131 cm³/mol. The lowest BCUT2D eigenvalue weighted by atomic mass is 9.43. The topological polar surface area (TPSA) is 60.7 Å². The van der Waals surface area contributed by atoms with E-state index in [1.807, 2.05) is 0 Å². The fraction of sp³-hybridized carbons (Fsp3) is 1.00. The Labute approximate surface area is 197 Å². The Hall–Kier alpha value is -0.120. The second-order valence-electron chi connectivity index (χ2n) is 13.6. The van der Waals surface area contributed by atoms with E-state index >= 15 is 0 Å². The first-order valence-electron chi connectivity index (χ1n) is 14.1. The molecule has 0 aliphatic heterocycles. The lowest BCUT2D eigenvalue weighted by Crippen LogP contribution is -2.63. The monoisotopic (exact) mass is 448 g/mol. The minimum absolute atomic E-state index is 0.0364. The van der Waals surface area contributed by atoms with Crippen molar-refractivity contribution in [2.24, 2.45) is 52.3 Å². The van der Waals surface area contributed by atoms with Crippen LogP contribution in [0, 0.1) is 52.3 Å². The fourth-order valence-electron chi connectivity index (χ4n) is 9.84. The number of fused-ring (bicyclic) bond motifs is 5. The Morgan fingerprint density at radius 1 is 0.906 bits per heavy atom. The van der Waals surface area contributed by atoms with Crippen LogP contribution in [0.25, 0.3) is 0 Å². The summed E-state index contributed by atoms with van der Waals surface area (Å²) in [7, 11) is 0. The molecule has 32 heavy (non-hydrogen) atoms. The summed E-state index contributed by atoms with van der Waals surface area (Å²) in [5.41, 5.74) is -0.376. The van der Waals surface area contributed by atoms with Crippen LogP contribution in [0.15, 0.2) is 0 Å². The fourth-order valence-corrected chi connectivity index (χ4v) is 9.84. The lowest BCUT2D eigenvalue weighted by Gasteiger charge is -2.64. The number of aliphatic hydroxyl groups is 3. The molecule has 4 fully saturated rings. The number of hydrogen-bond donors (Lipinski definition) is 3. The summed E-state index contributed by atoms with van der Waals surface area (Å²) in [6.07, 6.45) is 11.0. The highest BCUT2D eigenvalue weighted by Gasteiger charge is 2.64. The number of aliphatic hydroxyl groups excluding tert-OH is 2. The van der Waals surface area contributed by atoms with E-state index in [0.717, 1.165) is 44.4 Å². The Morgan fingerprint density at radius 3 is 2.28 bits per heavy atom. The van der Waals surface area contributed by atoms with E-state index in [-0.39, 0.29) is 17.6 Å². The van der Waals surface area contributed by atoms with Crippen LogP contribution in [0.5, 0.6) is 0 Å². The molecule has 0 spiro atoms. The van der Waals surface area contributed by atoms with Gasteiger partial charge in [0.1, 0.15) is 0 Å². The van der Waals surface area contributed by atoms with Gasteiger partial charge in [0.15, 0.2) is 0 Å². The first-order chi connectivity index (χ1) is 15.0. The van der Waals surface area contributed by atoms with Gasteiger partial charge in [0, 0.05) is 6.42 Å². The molecule has 3 heteroatoms. The molecule has 11 atom stereocenters. The van der Waals surface area contributed by atoms with Gasteiger partial charge >= 0.3 is 0 Å². The Balaban J connectivity index is 1.51. The highest BCUT2D eigenvalue weighted by Crippen LogP contribution is 2.69. The van der Waals surface area contributed by atoms with Crippen LogP contribution in [-0.2, 0) is 0 Å². The third kappa shape index (κ3) is 3.81. The molecule has 4 aliphatic rings. The molecular formula is C29H52O3. The molecule has 0 aromatic heterocycles. The molecule has 4 saturated carbocycles. The second-order valence-corrected chi connectivity index (χ2v) is 13.6. The molecule has 0 bridgehead atoms.